The van der Waals surface area contributed by atoms with Gasteiger partial charge in [0.05, 0.1) is 13.2 Å². The van der Waals surface area contributed by atoms with Crippen LogP contribution >= 0.6 is 11.6 Å². The van der Waals surface area contributed by atoms with Crippen LogP contribution < -0.4 is 22.0 Å². The van der Waals surface area contributed by atoms with Crippen molar-refractivity contribution in [3.05, 3.63) is 29.3 Å². The predicted molar refractivity (Wildman–Crippen MR) is 78.9 cm³/mol. The maximum atomic E-state index is 11.7. The van der Waals surface area contributed by atoms with Crippen LogP contribution in [0.2, 0.25) is 5.02 Å². The molecular formula is C15H21Cl2NO4. The summed E-state index contributed by atoms with van der Waals surface area (Å²) in [4.78, 5) is 13.1. The van der Waals surface area contributed by atoms with Crippen molar-refractivity contribution in [3.63, 3.8) is 0 Å². The van der Waals surface area contributed by atoms with E-state index in [4.69, 9.17) is 25.8 Å². The third-order valence-corrected chi connectivity index (χ3v) is 3.53. The molecule has 1 unspecified atom stereocenters. The summed E-state index contributed by atoms with van der Waals surface area (Å²) in [7, 11) is 0. The number of morpholine rings is 1. The number of rotatable bonds is 6. The molecule has 0 bridgehead atoms. The standard InChI is InChI=1S/C15H20ClNO4.ClH/c1-12(10-17-6-8-19-9-7-17)21-15(18)11-20-14-4-2-13(16)3-5-14;/h2-5,12H,6-11H2,1H3;1H. The summed E-state index contributed by atoms with van der Waals surface area (Å²) < 4.78 is 16.0. The van der Waals surface area contributed by atoms with Crippen LogP contribution in [0.3, 0.4) is 0 Å². The van der Waals surface area contributed by atoms with Gasteiger partial charge in [-0.05, 0) is 31.2 Å². The number of carbonyl (C=O) groups excluding carboxylic acids is 1. The van der Waals surface area contributed by atoms with Gasteiger partial charge in [-0.15, -0.1) is 0 Å². The summed E-state index contributed by atoms with van der Waals surface area (Å²) in [6, 6.07) is 6.87. The van der Waals surface area contributed by atoms with E-state index in [-0.39, 0.29) is 31.1 Å². The van der Waals surface area contributed by atoms with Gasteiger partial charge in [-0.3, -0.25) is 0 Å². The van der Waals surface area contributed by atoms with Crippen molar-refractivity contribution in [2.45, 2.75) is 13.0 Å². The maximum absolute atomic E-state index is 11.7. The second-order valence-corrected chi connectivity index (χ2v) is 5.55. The van der Waals surface area contributed by atoms with E-state index < -0.39 is 0 Å². The smallest absolute Gasteiger partial charge is 0.344 e. The zero-order chi connectivity index (χ0) is 15.1. The number of ether oxygens (including phenoxy) is 3. The van der Waals surface area contributed by atoms with Crippen LogP contribution in [0.1, 0.15) is 6.92 Å². The van der Waals surface area contributed by atoms with Crippen LogP contribution in [-0.2, 0) is 14.3 Å². The fourth-order valence-electron chi connectivity index (χ4n) is 2.24. The minimum atomic E-state index is -0.356. The first-order chi connectivity index (χ1) is 10.1. The van der Waals surface area contributed by atoms with Crippen molar-refractivity contribution < 1.29 is 36.3 Å². The molecule has 124 valence electrons. The number of benzene rings is 1. The number of nitrogens with one attached hydrogen (secondary N) is 1. The fourth-order valence-corrected chi connectivity index (χ4v) is 2.37. The number of halogens is 2. The van der Waals surface area contributed by atoms with E-state index in [1.165, 1.54) is 4.90 Å². The molecule has 0 radical (unpaired) electrons. The summed E-state index contributed by atoms with van der Waals surface area (Å²) in [6.45, 7) is 6.08. The zero-order valence-electron chi connectivity index (χ0n) is 12.5. The van der Waals surface area contributed by atoms with Crippen molar-refractivity contribution >= 4 is 17.6 Å². The molecule has 1 atom stereocenters. The molecule has 1 aliphatic rings. The normalized spacial score (nSPS) is 16.5. The van der Waals surface area contributed by atoms with Gasteiger partial charge in [0.25, 0.3) is 0 Å². The average molecular weight is 350 g/mol. The maximum Gasteiger partial charge on any atom is 0.344 e. The van der Waals surface area contributed by atoms with Crippen molar-refractivity contribution in [1.82, 2.24) is 0 Å². The number of esters is 1. The monoisotopic (exact) mass is 349 g/mol. The van der Waals surface area contributed by atoms with Gasteiger partial charge in [0.1, 0.15) is 31.5 Å². The number of quaternary nitrogens is 1. The summed E-state index contributed by atoms with van der Waals surface area (Å²) in [5.74, 6) is 0.243. The van der Waals surface area contributed by atoms with Gasteiger partial charge in [0, 0.05) is 5.02 Å². The first-order valence-electron chi connectivity index (χ1n) is 7.12. The Morgan fingerprint density at radius 1 is 1.32 bits per heavy atom. The molecule has 2 rings (SSSR count). The minimum Gasteiger partial charge on any atom is -1.00 e. The molecule has 1 N–H and O–H groups in total. The molecule has 0 spiro atoms. The topological polar surface area (TPSA) is 49.2 Å². The van der Waals surface area contributed by atoms with Crippen LogP contribution in [0.5, 0.6) is 5.75 Å². The van der Waals surface area contributed by atoms with Crippen LogP contribution in [0, 0.1) is 0 Å². The Balaban J connectivity index is 0.00000242. The summed E-state index contributed by atoms with van der Waals surface area (Å²) in [5.41, 5.74) is 0. The molecule has 1 aromatic carbocycles. The van der Waals surface area contributed by atoms with E-state index in [0.717, 1.165) is 32.8 Å². The highest BCUT2D eigenvalue weighted by atomic mass is 35.5. The van der Waals surface area contributed by atoms with Crippen LogP contribution in [0.25, 0.3) is 0 Å². The molecule has 1 saturated heterocycles. The Kier molecular flexibility index (Phi) is 8.56. The molecule has 1 aromatic rings. The van der Waals surface area contributed by atoms with Crippen molar-refractivity contribution in [3.8, 4) is 5.75 Å². The lowest BCUT2D eigenvalue weighted by atomic mass is 10.3. The Morgan fingerprint density at radius 2 is 1.95 bits per heavy atom. The Hall–Kier alpha value is -1.01. The highest BCUT2D eigenvalue weighted by Gasteiger charge is 2.19. The Bertz CT molecular complexity index is 449. The summed E-state index contributed by atoms with van der Waals surface area (Å²) in [5, 5.41) is 0.632. The number of carbonyl (C=O) groups is 1. The first-order valence-corrected chi connectivity index (χ1v) is 7.50. The molecule has 1 fully saturated rings. The average Bonchev–Trinajstić information content (AvgIpc) is 2.47. The van der Waals surface area contributed by atoms with Gasteiger partial charge < -0.3 is 31.5 Å². The molecule has 0 aromatic heterocycles. The van der Waals surface area contributed by atoms with E-state index in [0.29, 0.717) is 10.8 Å². The van der Waals surface area contributed by atoms with Crippen molar-refractivity contribution in [2.75, 3.05) is 39.5 Å². The zero-order valence-corrected chi connectivity index (χ0v) is 14.0. The largest absolute Gasteiger partial charge is 1.00 e. The summed E-state index contributed by atoms with van der Waals surface area (Å²) >= 11 is 5.78. The summed E-state index contributed by atoms with van der Waals surface area (Å²) in [6.07, 6.45) is -0.126. The number of hydrogen-bond acceptors (Lipinski definition) is 4. The molecule has 7 heteroatoms. The Morgan fingerprint density at radius 3 is 2.59 bits per heavy atom. The van der Waals surface area contributed by atoms with Gasteiger partial charge in [-0.2, -0.15) is 0 Å². The van der Waals surface area contributed by atoms with E-state index in [2.05, 4.69) is 0 Å². The second kappa shape index (κ2) is 9.90. The Labute approximate surface area is 141 Å². The van der Waals surface area contributed by atoms with Gasteiger partial charge in [-0.25, -0.2) is 4.79 Å². The molecule has 0 saturated carbocycles. The highest BCUT2D eigenvalue weighted by molar-refractivity contribution is 6.30. The molecule has 1 heterocycles. The van der Waals surface area contributed by atoms with Crippen LogP contribution in [-0.4, -0.2) is 51.5 Å². The van der Waals surface area contributed by atoms with E-state index in [1.54, 1.807) is 24.3 Å². The minimum absolute atomic E-state index is 0. The van der Waals surface area contributed by atoms with E-state index in [1.807, 2.05) is 6.92 Å². The van der Waals surface area contributed by atoms with Gasteiger partial charge in [0.2, 0.25) is 0 Å². The molecule has 0 aliphatic carbocycles. The lowest BCUT2D eigenvalue weighted by molar-refractivity contribution is -0.910. The van der Waals surface area contributed by atoms with Crippen LogP contribution in [0.4, 0.5) is 0 Å². The number of hydrogen-bond donors (Lipinski definition) is 1. The molecule has 22 heavy (non-hydrogen) atoms. The van der Waals surface area contributed by atoms with E-state index in [9.17, 15) is 4.79 Å². The van der Waals surface area contributed by atoms with Gasteiger partial charge in [-0.1, -0.05) is 11.6 Å². The first kappa shape index (κ1) is 19.0. The van der Waals surface area contributed by atoms with Crippen molar-refractivity contribution in [1.29, 1.82) is 0 Å². The third kappa shape index (κ3) is 6.83. The lowest BCUT2D eigenvalue weighted by Crippen LogP contribution is -3.15. The SMILES string of the molecule is CC(C[NH+]1CCOCC1)OC(=O)COc1ccc(Cl)cc1.[Cl-]. The molecule has 0 amide bonds. The van der Waals surface area contributed by atoms with E-state index >= 15 is 0 Å². The molecule has 5 nitrogen and oxygen atoms in total. The lowest BCUT2D eigenvalue weighted by Gasteiger charge is -2.26. The molecule has 1 aliphatic heterocycles. The van der Waals surface area contributed by atoms with Gasteiger partial charge in [0.15, 0.2) is 6.61 Å². The highest BCUT2D eigenvalue weighted by Crippen LogP contribution is 2.15. The third-order valence-electron chi connectivity index (χ3n) is 3.28. The predicted octanol–water partition coefficient (Wildman–Crippen LogP) is -2.43. The fraction of sp³-hybridized carbons (Fsp3) is 0.533. The second-order valence-electron chi connectivity index (χ2n) is 5.11. The van der Waals surface area contributed by atoms with Crippen LogP contribution in [0.15, 0.2) is 24.3 Å². The van der Waals surface area contributed by atoms with Gasteiger partial charge >= 0.3 is 5.97 Å². The molecular weight excluding hydrogens is 329 g/mol. The quantitative estimate of drug-likeness (QED) is 0.580. The van der Waals surface area contributed by atoms with Crippen molar-refractivity contribution in [2.24, 2.45) is 0 Å².